The zero-order valence-corrected chi connectivity index (χ0v) is 11.3. The molecule has 110 valence electrons. The Morgan fingerprint density at radius 1 is 1.45 bits per heavy atom. The lowest BCUT2D eigenvalue weighted by atomic mass is 9.90. The topological polar surface area (TPSA) is 91.7 Å². The summed E-state index contributed by atoms with van der Waals surface area (Å²) in [6.07, 6.45) is 2.50. The molecule has 0 amide bonds. The normalized spacial score (nSPS) is 17.6. The molecular formula is C14H20N2O4. The number of carbonyl (C=O) groups is 1. The molecule has 0 aliphatic carbocycles. The lowest BCUT2D eigenvalue weighted by Gasteiger charge is -2.31. The number of nitrogens with zero attached hydrogens (tertiary/aromatic N) is 1. The van der Waals surface area contributed by atoms with Gasteiger partial charge >= 0.3 is 5.97 Å². The fourth-order valence-electron chi connectivity index (χ4n) is 2.51. The number of aliphatic hydroxyl groups excluding tert-OH is 1. The Hall–Kier alpha value is -1.66. The third-order valence-corrected chi connectivity index (χ3v) is 3.58. The molecule has 0 bridgehead atoms. The molecule has 1 unspecified atom stereocenters. The van der Waals surface area contributed by atoms with Crippen molar-refractivity contribution in [3.05, 3.63) is 23.9 Å². The van der Waals surface area contributed by atoms with Crippen LogP contribution in [-0.2, 0) is 4.74 Å². The van der Waals surface area contributed by atoms with Gasteiger partial charge in [-0.1, -0.05) is 6.07 Å². The van der Waals surface area contributed by atoms with Crippen LogP contribution in [0.5, 0.6) is 0 Å². The third-order valence-electron chi connectivity index (χ3n) is 3.58. The zero-order chi connectivity index (χ0) is 14.4. The van der Waals surface area contributed by atoms with Crippen molar-refractivity contribution in [1.29, 1.82) is 0 Å². The van der Waals surface area contributed by atoms with Crippen molar-refractivity contribution in [1.82, 2.24) is 4.98 Å². The molecule has 1 aromatic heterocycles. The van der Waals surface area contributed by atoms with E-state index in [1.807, 2.05) is 0 Å². The van der Waals surface area contributed by atoms with Gasteiger partial charge in [0.05, 0.1) is 0 Å². The number of nitrogens with one attached hydrogen (secondary N) is 1. The van der Waals surface area contributed by atoms with Crippen molar-refractivity contribution in [2.75, 3.05) is 25.1 Å². The van der Waals surface area contributed by atoms with E-state index in [0.717, 1.165) is 26.1 Å². The van der Waals surface area contributed by atoms with Crippen molar-refractivity contribution in [2.45, 2.75) is 25.3 Å². The van der Waals surface area contributed by atoms with E-state index >= 15 is 0 Å². The first kappa shape index (κ1) is 14.7. The molecule has 0 spiro atoms. The summed E-state index contributed by atoms with van der Waals surface area (Å²) in [5.41, 5.74) is 0.0183. The molecule has 3 N–H and O–H groups in total. The van der Waals surface area contributed by atoms with E-state index in [1.165, 1.54) is 6.07 Å². The molecule has 0 radical (unpaired) electrons. The van der Waals surface area contributed by atoms with Crippen LogP contribution in [0.25, 0.3) is 0 Å². The van der Waals surface area contributed by atoms with Gasteiger partial charge in [0.15, 0.2) is 5.69 Å². The maximum absolute atomic E-state index is 10.9. The van der Waals surface area contributed by atoms with E-state index in [4.69, 9.17) is 9.84 Å². The molecule has 1 fully saturated rings. The van der Waals surface area contributed by atoms with Gasteiger partial charge in [0.1, 0.15) is 5.82 Å². The highest BCUT2D eigenvalue weighted by atomic mass is 16.5. The lowest BCUT2D eigenvalue weighted by molar-refractivity contribution is 0.0577. The number of hydrogen-bond donors (Lipinski definition) is 3. The smallest absolute Gasteiger partial charge is 0.354 e. The SMILES string of the molecule is O=C(O)c1cccc(NC(CCO)C2CCOCC2)n1. The van der Waals surface area contributed by atoms with Crippen LogP contribution in [-0.4, -0.2) is 47.0 Å². The maximum Gasteiger partial charge on any atom is 0.354 e. The minimum absolute atomic E-state index is 0.0183. The van der Waals surface area contributed by atoms with Crippen LogP contribution in [0.3, 0.4) is 0 Å². The minimum Gasteiger partial charge on any atom is -0.477 e. The van der Waals surface area contributed by atoms with Gasteiger partial charge in [0.25, 0.3) is 0 Å². The summed E-state index contributed by atoms with van der Waals surface area (Å²) in [7, 11) is 0. The summed E-state index contributed by atoms with van der Waals surface area (Å²) >= 11 is 0. The van der Waals surface area contributed by atoms with Crippen LogP contribution >= 0.6 is 0 Å². The quantitative estimate of drug-likeness (QED) is 0.729. The van der Waals surface area contributed by atoms with E-state index < -0.39 is 5.97 Å². The van der Waals surface area contributed by atoms with E-state index in [0.29, 0.717) is 18.2 Å². The molecule has 2 heterocycles. The van der Waals surface area contributed by atoms with E-state index in [9.17, 15) is 9.90 Å². The molecule has 1 aliphatic heterocycles. The number of carboxylic acid groups (broad SMARTS) is 1. The second kappa shape index (κ2) is 7.21. The number of pyridine rings is 1. The molecule has 1 aliphatic rings. The van der Waals surface area contributed by atoms with Gasteiger partial charge < -0.3 is 20.3 Å². The summed E-state index contributed by atoms with van der Waals surface area (Å²) in [5, 5.41) is 21.4. The van der Waals surface area contributed by atoms with Crippen LogP contribution < -0.4 is 5.32 Å². The van der Waals surface area contributed by atoms with Gasteiger partial charge in [0.2, 0.25) is 0 Å². The average Bonchev–Trinajstić information content (AvgIpc) is 2.48. The number of aromatic nitrogens is 1. The number of rotatable bonds is 6. The minimum atomic E-state index is -1.04. The first-order valence-electron chi connectivity index (χ1n) is 6.86. The van der Waals surface area contributed by atoms with Crippen molar-refractivity contribution < 1.29 is 19.7 Å². The number of anilines is 1. The summed E-state index contributed by atoms with van der Waals surface area (Å²) < 4.78 is 5.35. The van der Waals surface area contributed by atoms with Gasteiger partial charge in [0, 0.05) is 25.9 Å². The number of aliphatic hydroxyl groups is 1. The molecule has 1 saturated heterocycles. The van der Waals surface area contributed by atoms with Gasteiger partial charge in [-0.3, -0.25) is 0 Å². The predicted molar refractivity (Wildman–Crippen MR) is 73.9 cm³/mol. The largest absolute Gasteiger partial charge is 0.477 e. The zero-order valence-electron chi connectivity index (χ0n) is 11.3. The van der Waals surface area contributed by atoms with Gasteiger partial charge in [-0.15, -0.1) is 0 Å². The van der Waals surface area contributed by atoms with Crippen LogP contribution in [0.4, 0.5) is 5.82 Å². The second-order valence-corrected chi connectivity index (χ2v) is 4.93. The van der Waals surface area contributed by atoms with Crippen LogP contribution in [0.1, 0.15) is 29.8 Å². The molecule has 0 aromatic carbocycles. The van der Waals surface area contributed by atoms with Crippen molar-refractivity contribution in [3.8, 4) is 0 Å². The van der Waals surface area contributed by atoms with Gasteiger partial charge in [-0.2, -0.15) is 0 Å². The third kappa shape index (κ3) is 3.91. The number of hydrogen-bond acceptors (Lipinski definition) is 5. The molecule has 0 saturated carbocycles. The van der Waals surface area contributed by atoms with Gasteiger partial charge in [-0.25, -0.2) is 9.78 Å². The summed E-state index contributed by atoms with van der Waals surface area (Å²) in [4.78, 5) is 15.0. The fourth-order valence-corrected chi connectivity index (χ4v) is 2.51. The van der Waals surface area contributed by atoms with Crippen LogP contribution in [0.2, 0.25) is 0 Å². The molecule has 6 nitrogen and oxygen atoms in total. The Morgan fingerprint density at radius 3 is 2.85 bits per heavy atom. The Bertz CT molecular complexity index is 447. The van der Waals surface area contributed by atoms with Gasteiger partial charge in [-0.05, 0) is 37.3 Å². The first-order chi connectivity index (χ1) is 9.70. The lowest BCUT2D eigenvalue weighted by Crippen LogP contribution is -2.34. The molecular weight excluding hydrogens is 260 g/mol. The van der Waals surface area contributed by atoms with Crippen LogP contribution in [0.15, 0.2) is 18.2 Å². The second-order valence-electron chi connectivity index (χ2n) is 4.93. The molecule has 6 heteroatoms. The molecule has 1 atom stereocenters. The van der Waals surface area contributed by atoms with Crippen LogP contribution in [0, 0.1) is 5.92 Å². The summed E-state index contributed by atoms with van der Waals surface area (Å²) in [5.74, 6) is -0.0977. The highest BCUT2D eigenvalue weighted by Crippen LogP contribution is 2.23. The fraction of sp³-hybridized carbons (Fsp3) is 0.571. The number of carboxylic acids is 1. The van der Waals surface area contributed by atoms with Crippen molar-refractivity contribution in [2.24, 2.45) is 5.92 Å². The molecule has 2 rings (SSSR count). The monoisotopic (exact) mass is 280 g/mol. The van der Waals surface area contributed by atoms with Crippen molar-refractivity contribution in [3.63, 3.8) is 0 Å². The highest BCUT2D eigenvalue weighted by Gasteiger charge is 2.24. The first-order valence-corrected chi connectivity index (χ1v) is 6.86. The van der Waals surface area contributed by atoms with E-state index in [1.54, 1.807) is 12.1 Å². The van der Waals surface area contributed by atoms with Crippen molar-refractivity contribution >= 4 is 11.8 Å². The molecule has 1 aromatic rings. The standard InChI is InChI=1S/C14H20N2O4/c17-7-4-11(10-5-8-20-9-6-10)15-13-3-1-2-12(16-13)14(18)19/h1-3,10-11,17H,4-9H2,(H,15,16)(H,18,19). The van der Waals surface area contributed by atoms with E-state index in [-0.39, 0.29) is 18.3 Å². The summed E-state index contributed by atoms with van der Waals surface area (Å²) in [6, 6.07) is 4.96. The number of aromatic carboxylic acids is 1. The Kier molecular flexibility index (Phi) is 5.31. The highest BCUT2D eigenvalue weighted by molar-refractivity contribution is 5.85. The van der Waals surface area contributed by atoms with E-state index in [2.05, 4.69) is 10.3 Å². The summed E-state index contributed by atoms with van der Waals surface area (Å²) in [6.45, 7) is 1.56. The predicted octanol–water partition coefficient (Wildman–Crippen LogP) is 1.37. The number of ether oxygens (including phenoxy) is 1. The molecule has 20 heavy (non-hydrogen) atoms. The Balaban J connectivity index is 2.06. The Morgan fingerprint density at radius 2 is 2.20 bits per heavy atom. The average molecular weight is 280 g/mol. The maximum atomic E-state index is 10.9. The Labute approximate surface area is 117 Å².